The van der Waals surface area contributed by atoms with Gasteiger partial charge in [0.1, 0.15) is 36.6 Å². The van der Waals surface area contributed by atoms with Crippen LogP contribution in [-0.4, -0.2) is 51.8 Å². The van der Waals surface area contributed by atoms with E-state index in [0.29, 0.717) is 49.4 Å². The Kier molecular flexibility index (Phi) is 4.85. The van der Waals surface area contributed by atoms with Crippen molar-refractivity contribution >= 4 is 21.9 Å². The fourth-order valence-corrected chi connectivity index (χ4v) is 3.25. The van der Waals surface area contributed by atoms with Gasteiger partial charge in [-0.15, -0.1) is 0 Å². The predicted molar refractivity (Wildman–Crippen MR) is 107 cm³/mol. The molecule has 1 aromatic heterocycles. The van der Waals surface area contributed by atoms with Gasteiger partial charge in [0.2, 0.25) is 0 Å². The van der Waals surface area contributed by atoms with Gasteiger partial charge in [0.25, 0.3) is 0 Å². The molecule has 29 heavy (non-hydrogen) atoms. The fraction of sp³-hybridized carbons (Fsp3) is 0.455. The molecule has 2 aromatic carbocycles. The van der Waals surface area contributed by atoms with Crippen molar-refractivity contribution in [1.82, 2.24) is 0 Å². The van der Waals surface area contributed by atoms with Gasteiger partial charge in [-0.05, 0) is 26.0 Å². The summed E-state index contributed by atoms with van der Waals surface area (Å²) in [6.07, 6.45) is 0.333. The maximum atomic E-state index is 6.11. The fourth-order valence-electron chi connectivity index (χ4n) is 3.25. The topological polar surface area (TPSA) is 75.1 Å². The van der Waals surface area contributed by atoms with Crippen LogP contribution in [0.15, 0.2) is 28.7 Å². The molecule has 0 N–H and O–H groups in total. The Morgan fingerprint density at radius 1 is 0.690 bits per heavy atom. The van der Waals surface area contributed by atoms with Crippen LogP contribution in [0.1, 0.15) is 13.8 Å². The Labute approximate surface area is 168 Å². The maximum absolute atomic E-state index is 6.11. The molecule has 3 heterocycles. The van der Waals surface area contributed by atoms with Gasteiger partial charge < -0.3 is 32.8 Å². The first-order chi connectivity index (χ1) is 14.2. The molecule has 0 radical (unpaired) electrons. The number of hydrogen-bond acceptors (Lipinski definition) is 7. The Bertz CT molecular complexity index is 937. The zero-order valence-corrected chi connectivity index (χ0v) is 16.6. The summed E-state index contributed by atoms with van der Waals surface area (Å²) in [6, 6.07) is 7.67. The third-order valence-electron chi connectivity index (χ3n) is 4.86. The van der Waals surface area contributed by atoms with Crippen molar-refractivity contribution in [3.8, 4) is 23.0 Å². The zero-order valence-electron chi connectivity index (χ0n) is 16.6. The molecule has 2 aliphatic heterocycles. The van der Waals surface area contributed by atoms with E-state index >= 15 is 0 Å². The third-order valence-corrected chi connectivity index (χ3v) is 4.86. The minimum atomic E-state index is 0.166. The smallest absolute Gasteiger partial charge is 0.165 e. The summed E-state index contributed by atoms with van der Waals surface area (Å²) >= 11 is 0. The summed E-state index contributed by atoms with van der Waals surface area (Å²) in [6.45, 7) is 7.48. The third kappa shape index (κ3) is 3.93. The Balaban J connectivity index is 1.55. The normalized spacial score (nSPS) is 20.1. The molecule has 0 spiro atoms. The highest BCUT2D eigenvalue weighted by atomic mass is 16.6. The van der Waals surface area contributed by atoms with E-state index in [-0.39, 0.29) is 12.2 Å². The highest BCUT2D eigenvalue weighted by Gasteiger charge is 2.26. The molecular formula is C22H24O7. The number of epoxide rings is 2. The Morgan fingerprint density at radius 3 is 1.48 bits per heavy atom. The number of fused-ring (bicyclic) bond motifs is 3. The minimum Gasteiger partial charge on any atom is -0.490 e. The zero-order chi connectivity index (χ0) is 19.8. The van der Waals surface area contributed by atoms with Crippen LogP contribution in [0.3, 0.4) is 0 Å². The van der Waals surface area contributed by atoms with Crippen LogP contribution in [0.2, 0.25) is 0 Å². The maximum Gasteiger partial charge on any atom is 0.165 e. The molecule has 2 saturated heterocycles. The van der Waals surface area contributed by atoms with Crippen molar-refractivity contribution < 1.29 is 32.8 Å². The lowest BCUT2D eigenvalue weighted by atomic mass is 10.1. The molecule has 2 unspecified atom stereocenters. The van der Waals surface area contributed by atoms with Crippen LogP contribution in [0.4, 0.5) is 0 Å². The number of furan rings is 1. The number of ether oxygens (including phenoxy) is 6. The second kappa shape index (κ2) is 7.65. The summed E-state index contributed by atoms with van der Waals surface area (Å²) in [4.78, 5) is 0. The van der Waals surface area contributed by atoms with Crippen molar-refractivity contribution in [2.45, 2.75) is 26.1 Å². The van der Waals surface area contributed by atoms with Crippen LogP contribution in [0, 0.1) is 0 Å². The van der Waals surface area contributed by atoms with E-state index in [2.05, 4.69) is 0 Å². The molecule has 3 aromatic rings. The van der Waals surface area contributed by atoms with Crippen LogP contribution in [0.5, 0.6) is 23.0 Å². The van der Waals surface area contributed by atoms with Crippen molar-refractivity contribution in [2.24, 2.45) is 0 Å². The van der Waals surface area contributed by atoms with Gasteiger partial charge >= 0.3 is 0 Å². The summed E-state index contributed by atoms with van der Waals surface area (Å²) in [7, 11) is 0. The second-order valence-electron chi connectivity index (χ2n) is 7.09. The average Bonchev–Trinajstić information content (AvgIpc) is 3.63. The molecular weight excluding hydrogens is 376 g/mol. The van der Waals surface area contributed by atoms with Gasteiger partial charge in [0.05, 0.1) is 26.4 Å². The summed E-state index contributed by atoms with van der Waals surface area (Å²) in [5, 5.41) is 1.88. The minimum absolute atomic E-state index is 0.166. The van der Waals surface area contributed by atoms with E-state index in [1.807, 2.05) is 38.1 Å². The summed E-state index contributed by atoms with van der Waals surface area (Å²) in [5.41, 5.74) is 1.44. The highest BCUT2D eigenvalue weighted by Crippen LogP contribution is 2.42. The van der Waals surface area contributed by atoms with Crippen LogP contribution in [-0.2, 0) is 9.47 Å². The molecule has 0 amide bonds. The quantitative estimate of drug-likeness (QED) is 0.477. The largest absolute Gasteiger partial charge is 0.490 e. The van der Waals surface area contributed by atoms with Gasteiger partial charge in [-0.2, -0.15) is 0 Å². The van der Waals surface area contributed by atoms with Gasteiger partial charge in [0.15, 0.2) is 23.0 Å². The molecule has 0 saturated carbocycles. The number of benzene rings is 2. The summed E-state index contributed by atoms with van der Waals surface area (Å²) < 4.78 is 40.0. The first-order valence-electron chi connectivity index (χ1n) is 10.0. The van der Waals surface area contributed by atoms with E-state index in [4.69, 9.17) is 32.8 Å². The van der Waals surface area contributed by atoms with Crippen molar-refractivity contribution in [1.29, 1.82) is 0 Å². The van der Waals surface area contributed by atoms with E-state index in [1.54, 1.807) is 0 Å². The lowest BCUT2D eigenvalue weighted by Gasteiger charge is -2.12. The van der Waals surface area contributed by atoms with E-state index in [1.165, 1.54) is 0 Å². The van der Waals surface area contributed by atoms with Gasteiger partial charge in [-0.25, -0.2) is 0 Å². The summed E-state index contributed by atoms with van der Waals surface area (Å²) in [5.74, 6) is 2.68. The Morgan fingerprint density at radius 2 is 1.10 bits per heavy atom. The highest BCUT2D eigenvalue weighted by molar-refractivity contribution is 6.07. The molecule has 5 rings (SSSR count). The second-order valence-corrected chi connectivity index (χ2v) is 7.09. The van der Waals surface area contributed by atoms with Crippen molar-refractivity contribution in [3.63, 3.8) is 0 Å². The van der Waals surface area contributed by atoms with Gasteiger partial charge in [0, 0.05) is 22.9 Å². The van der Waals surface area contributed by atoms with Crippen molar-refractivity contribution in [2.75, 3.05) is 39.6 Å². The van der Waals surface area contributed by atoms with Crippen molar-refractivity contribution in [3.05, 3.63) is 24.3 Å². The standard InChI is InChI=1S/C22H24O7/c1-3-23-19-5-15-16-6-20(24-4-2)22(28-12-14-10-26-14)8-18(16)29-17(15)7-21(19)27-11-13-9-25-13/h5-8,13-14H,3-4,9-12H2,1-2H3. The van der Waals surface area contributed by atoms with Crippen LogP contribution in [0.25, 0.3) is 21.9 Å². The molecule has 7 heteroatoms. The Hall–Kier alpha value is -2.64. The molecule has 0 bridgehead atoms. The van der Waals surface area contributed by atoms with E-state index < -0.39 is 0 Å². The lowest BCUT2D eigenvalue weighted by Crippen LogP contribution is -2.06. The van der Waals surface area contributed by atoms with Gasteiger partial charge in [-0.3, -0.25) is 0 Å². The number of hydrogen-bond donors (Lipinski definition) is 0. The molecule has 2 aliphatic rings. The van der Waals surface area contributed by atoms with Gasteiger partial charge in [-0.1, -0.05) is 0 Å². The predicted octanol–water partition coefficient (Wildman–Crippen LogP) is 3.94. The molecule has 7 nitrogen and oxygen atoms in total. The van der Waals surface area contributed by atoms with Crippen LogP contribution >= 0.6 is 0 Å². The number of rotatable bonds is 10. The average molecular weight is 400 g/mol. The molecule has 0 aliphatic carbocycles. The molecule has 2 atom stereocenters. The monoisotopic (exact) mass is 400 g/mol. The molecule has 2 fully saturated rings. The van der Waals surface area contributed by atoms with E-state index in [0.717, 1.165) is 35.2 Å². The van der Waals surface area contributed by atoms with E-state index in [9.17, 15) is 0 Å². The first kappa shape index (κ1) is 18.4. The first-order valence-corrected chi connectivity index (χ1v) is 10.0. The lowest BCUT2D eigenvalue weighted by molar-refractivity contribution is 0.245. The SMILES string of the molecule is CCOc1cc2c(cc1OCC1CO1)oc1cc(OCC3CO3)c(OCC)cc12. The molecule has 154 valence electrons. The van der Waals surface area contributed by atoms with Crippen LogP contribution < -0.4 is 18.9 Å².